The van der Waals surface area contributed by atoms with E-state index in [4.69, 9.17) is 11.6 Å². The maximum absolute atomic E-state index is 13.4. The van der Waals surface area contributed by atoms with E-state index in [0.29, 0.717) is 16.7 Å². The Kier molecular flexibility index (Phi) is 6.32. The summed E-state index contributed by atoms with van der Waals surface area (Å²) in [4.78, 5) is 41.6. The zero-order valence-corrected chi connectivity index (χ0v) is 19.7. The molecule has 0 saturated carbocycles. The number of carboxylic acid groups (broad SMARTS) is 1. The molecule has 37 heavy (non-hydrogen) atoms. The van der Waals surface area contributed by atoms with Gasteiger partial charge in [-0.05, 0) is 41.0 Å². The Balaban J connectivity index is 1.38. The number of benzene rings is 2. The fraction of sp³-hybridized carbons (Fsp3) is 0.160. The number of amides is 2. The summed E-state index contributed by atoms with van der Waals surface area (Å²) < 4.78 is 14.7. The number of aliphatic hydroxyl groups is 1. The SMILES string of the molecule is O=C(O)c1ccc2c(c1)C[C@@H](O)[C@@H]2NC(=O)c1cc(C(=O)NCc2ccc(F)c(Cl)c2)nc2ccnn12. The van der Waals surface area contributed by atoms with Crippen LogP contribution in [-0.2, 0) is 13.0 Å². The van der Waals surface area contributed by atoms with Gasteiger partial charge in [0.15, 0.2) is 5.65 Å². The number of hydrogen-bond donors (Lipinski definition) is 4. The molecule has 0 bridgehead atoms. The van der Waals surface area contributed by atoms with Crippen molar-refractivity contribution in [3.05, 3.63) is 99.2 Å². The molecule has 0 saturated heterocycles. The first-order chi connectivity index (χ1) is 17.7. The van der Waals surface area contributed by atoms with Crippen molar-refractivity contribution in [2.45, 2.75) is 25.1 Å². The lowest BCUT2D eigenvalue weighted by molar-refractivity contribution is 0.0696. The van der Waals surface area contributed by atoms with Gasteiger partial charge < -0.3 is 20.8 Å². The van der Waals surface area contributed by atoms with Crippen molar-refractivity contribution in [1.82, 2.24) is 25.2 Å². The molecule has 2 aromatic carbocycles. The van der Waals surface area contributed by atoms with Gasteiger partial charge in [0, 0.05) is 25.1 Å². The number of aromatic carboxylic acids is 1. The first-order valence-electron chi connectivity index (χ1n) is 11.1. The molecule has 4 aromatic rings. The van der Waals surface area contributed by atoms with Gasteiger partial charge in [-0.3, -0.25) is 9.59 Å². The van der Waals surface area contributed by atoms with Gasteiger partial charge in [-0.15, -0.1) is 0 Å². The van der Waals surface area contributed by atoms with E-state index >= 15 is 0 Å². The third-order valence-electron chi connectivity index (χ3n) is 6.09. The Morgan fingerprint density at radius 3 is 2.68 bits per heavy atom. The quantitative estimate of drug-likeness (QED) is 0.304. The van der Waals surface area contributed by atoms with Crippen LogP contribution in [0.25, 0.3) is 5.65 Å². The summed E-state index contributed by atoms with van der Waals surface area (Å²) in [6, 6.07) is 10.5. The number of aromatic nitrogens is 3. The van der Waals surface area contributed by atoms with Crippen molar-refractivity contribution in [2.75, 3.05) is 0 Å². The number of nitrogens with zero attached hydrogens (tertiary/aromatic N) is 3. The van der Waals surface area contributed by atoms with Crippen LogP contribution in [0, 0.1) is 5.82 Å². The van der Waals surface area contributed by atoms with Gasteiger partial charge in [-0.2, -0.15) is 5.10 Å². The van der Waals surface area contributed by atoms with Crippen LogP contribution in [0.3, 0.4) is 0 Å². The van der Waals surface area contributed by atoms with Crippen LogP contribution in [-0.4, -0.2) is 48.7 Å². The van der Waals surface area contributed by atoms with Crippen LogP contribution in [0.1, 0.15) is 54.1 Å². The molecule has 4 N–H and O–H groups in total. The molecule has 0 unspecified atom stereocenters. The van der Waals surface area contributed by atoms with Gasteiger partial charge in [-0.1, -0.05) is 23.7 Å². The number of halogens is 2. The summed E-state index contributed by atoms with van der Waals surface area (Å²) in [6.45, 7) is 0.0515. The molecule has 2 atom stereocenters. The van der Waals surface area contributed by atoms with Crippen molar-refractivity contribution >= 4 is 35.0 Å². The minimum Gasteiger partial charge on any atom is -0.478 e. The van der Waals surface area contributed by atoms with Crippen molar-refractivity contribution < 1.29 is 29.0 Å². The van der Waals surface area contributed by atoms with E-state index < -0.39 is 35.7 Å². The highest BCUT2D eigenvalue weighted by Crippen LogP contribution is 2.32. The van der Waals surface area contributed by atoms with E-state index in [0.717, 1.165) is 0 Å². The van der Waals surface area contributed by atoms with Gasteiger partial charge in [0.05, 0.1) is 28.9 Å². The number of aliphatic hydroxyl groups excluding tert-OH is 1. The lowest BCUT2D eigenvalue weighted by Gasteiger charge is -2.18. The second kappa shape index (κ2) is 9.60. The number of hydrogen-bond acceptors (Lipinski definition) is 6. The minimum atomic E-state index is -1.09. The Morgan fingerprint density at radius 2 is 1.92 bits per heavy atom. The summed E-state index contributed by atoms with van der Waals surface area (Å²) in [5.74, 6) is -2.85. The number of nitrogens with one attached hydrogen (secondary N) is 2. The Hall–Kier alpha value is -4.35. The topological polar surface area (TPSA) is 146 Å². The molecular formula is C25H19ClFN5O5. The highest BCUT2D eigenvalue weighted by Gasteiger charge is 2.33. The lowest BCUT2D eigenvalue weighted by Crippen LogP contribution is -2.35. The van der Waals surface area contributed by atoms with E-state index in [1.165, 1.54) is 53.2 Å². The van der Waals surface area contributed by atoms with Crippen LogP contribution in [0.4, 0.5) is 4.39 Å². The minimum absolute atomic E-state index is 0.00721. The van der Waals surface area contributed by atoms with Gasteiger partial charge in [-0.25, -0.2) is 18.7 Å². The smallest absolute Gasteiger partial charge is 0.335 e. The monoisotopic (exact) mass is 523 g/mol. The summed E-state index contributed by atoms with van der Waals surface area (Å²) in [5, 5.41) is 29.2. The molecule has 2 aromatic heterocycles. The van der Waals surface area contributed by atoms with E-state index in [2.05, 4.69) is 20.7 Å². The molecule has 1 aliphatic carbocycles. The average molecular weight is 524 g/mol. The van der Waals surface area contributed by atoms with Crippen molar-refractivity contribution in [3.8, 4) is 0 Å². The second-order valence-corrected chi connectivity index (χ2v) is 8.91. The molecule has 0 fully saturated rings. The van der Waals surface area contributed by atoms with Crippen LogP contribution in [0.2, 0.25) is 5.02 Å². The van der Waals surface area contributed by atoms with Gasteiger partial charge in [0.1, 0.15) is 17.2 Å². The largest absolute Gasteiger partial charge is 0.478 e. The Labute approximate surface area is 213 Å². The Bertz CT molecular complexity index is 1570. The number of carboxylic acids is 1. The zero-order valence-electron chi connectivity index (χ0n) is 19.0. The summed E-state index contributed by atoms with van der Waals surface area (Å²) >= 11 is 5.79. The molecule has 2 heterocycles. The van der Waals surface area contributed by atoms with Crippen LogP contribution in [0.15, 0.2) is 54.7 Å². The first-order valence-corrected chi connectivity index (χ1v) is 11.5. The summed E-state index contributed by atoms with van der Waals surface area (Å²) in [5.41, 5.74) is 2.09. The number of carbonyl (C=O) groups excluding carboxylic acids is 2. The normalized spacial score (nSPS) is 16.4. The molecule has 12 heteroatoms. The standard InChI is InChI=1S/C25H19ClFN5O5/c26-16-7-12(1-4-17(16)27)11-28-23(34)18-10-19(32-21(30-18)5-6-29-32)24(35)31-22-15-3-2-13(25(36)37)8-14(15)9-20(22)33/h1-8,10,20,22,33H,9,11H2,(H,28,34)(H,31,35)(H,36,37)/t20-,22-/m1/s1. The number of rotatable bonds is 6. The molecule has 1 aliphatic rings. The van der Waals surface area contributed by atoms with Gasteiger partial charge in [0.2, 0.25) is 0 Å². The van der Waals surface area contributed by atoms with E-state index in [1.807, 2.05) is 0 Å². The molecule has 188 valence electrons. The van der Waals surface area contributed by atoms with Crippen molar-refractivity contribution in [3.63, 3.8) is 0 Å². The van der Waals surface area contributed by atoms with Gasteiger partial charge >= 0.3 is 5.97 Å². The fourth-order valence-corrected chi connectivity index (χ4v) is 4.48. The number of carbonyl (C=O) groups is 3. The first kappa shape index (κ1) is 24.3. The molecule has 10 nitrogen and oxygen atoms in total. The zero-order chi connectivity index (χ0) is 26.3. The average Bonchev–Trinajstić information content (AvgIpc) is 3.47. The molecule has 2 amide bonds. The third kappa shape index (κ3) is 4.74. The van der Waals surface area contributed by atoms with E-state index in [1.54, 1.807) is 6.07 Å². The van der Waals surface area contributed by atoms with E-state index in [-0.39, 0.29) is 40.6 Å². The summed E-state index contributed by atoms with van der Waals surface area (Å²) in [7, 11) is 0. The van der Waals surface area contributed by atoms with Gasteiger partial charge in [0.25, 0.3) is 11.8 Å². The molecule has 0 aliphatic heterocycles. The Morgan fingerprint density at radius 1 is 1.11 bits per heavy atom. The second-order valence-electron chi connectivity index (χ2n) is 8.50. The maximum Gasteiger partial charge on any atom is 0.335 e. The van der Waals surface area contributed by atoms with Crippen LogP contribution < -0.4 is 10.6 Å². The predicted octanol–water partition coefficient (Wildman–Crippen LogP) is 2.54. The van der Waals surface area contributed by atoms with Crippen LogP contribution >= 0.6 is 11.6 Å². The highest BCUT2D eigenvalue weighted by atomic mass is 35.5. The fourth-order valence-electron chi connectivity index (χ4n) is 4.27. The molecular weight excluding hydrogens is 505 g/mol. The molecule has 0 radical (unpaired) electrons. The summed E-state index contributed by atoms with van der Waals surface area (Å²) in [6.07, 6.45) is 0.632. The highest BCUT2D eigenvalue weighted by molar-refractivity contribution is 6.30. The van der Waals surface area contributed by atoms with Crippen LogP contribution in [0.5, 0.6) is 0 Å². The molecule has 0 spiro atoms. The molecule has 5 rings (SSSR count). The third-order valence-corrected chi connectivity index (χ3v) is 6.38. The predicted molar refractivity (Wildman–Crippen MR) is 129 cm³/mol. The lowest BCUT2D eigenvalue weighted by atomic mass is 10.0. The van der Waals surface area contributed by atoms with Crippen molar-refractivity contribution in [1.29, 1.82) is 0 Å². The van der Waals surface area contributed by atoms with E-state index in [9.17, 15) is 29.0 Å². The van der Waals surface area contributed by atoms with Crippen molar-refractivity contribution in [2.24, 2.45) is 0 Å². The maximum atomic E-state index is 13.4. The number of fused-ring (bicyclic) bond motifs is 2.